The van der Waals surface area contributed by atoms with E-state index in [2.05, 4.69) is 77.2 Å². The van der Waals surface area contributed by atoms with Crippen molar-refractivity contribution < 1.29 is 30.9 Å². The Morgan fingerprint density at radius 1 is 0.828 bits per heavy atom. The van der Waals surface area contributed by atoms with Gasteiger partial charge in [0.05, 0.1) is 7.11 Å². The normalized spacial score (nSPS) is 11.4. The zero-order chi connectivity index (χ0) is 21.7. The summed E-state index contributed by atoms with van der Waals surface area (Å²) in [5.41, 5.74) is -0.781. The maximum Gasteiger partial charge on any atom is 0.522 e. The minimum atomic E-state index is -5.84. The Labute approximate surface area is 180 Å². The molecule has 3 aromatic rings. The summed E-state index contributed by atoms with van der Waals surface area (Å²) in [6.07, 6.45) is 0. The van der Waals surface area contributed by atoms with Gasteiger partial charge in [-0.2, -0.15) is 21.6 Å². The highest BCUT2D eigenvalue weighted by molar-refractivity contribution is 14.1. The van der Waals surface area contributed by atoms with E-state index >= 15 is 0 Å². The molecule has 0 saturated heterocycles. The summed E-state index contributed by atoms with van der Waals surface area (Å²) in [5.74, 6) is 0.903. The van der Waals surface area contributed by atoms with Gasteiger partial charge in [0, 0.05) is 14.7 Å². The Balaban J connectivity index is 0.000000321. The minimum absolute atomic E-state index is 0.903. The first-order chi connectivity index (χ1) is 13.6. The summed E-state index contributed by atoms with van der Waals surface area (Å²) >= 11 is 2.39. The second-order valence-corrected chi connectivity index (χ2v) is 8.23. The smallest absolute Gasteiger partial charge is 0.496 e. The molecule has 0 fully saturated rings. The Hall–Kier alpha value is -2.11. The van der Waals surface area contributed by atoms with Crippen LogP contribution in [0.3, 0.4) is 0 Å². The average Bonchev–Trinajstić information content (AvgIpc) is 2.68. The topological polar surface area (TPSA) is 63.6 Å². The van der Waals surface area contributed by atoms with E-state index in [0.717, 1.165) is 11.3 Å². The average molecular weight is 536 g/mol. The molecule has 3 aromatic carbocycles. The maximum absolute atomic E-state index is 10.7. The molecule has 0 aliphatic carbocycles. The molecular formula is C20H16F3IO4S. The van der Waals surface area contributed by atoms with Crippen LogP contribution in [0.2, 0.25) is 0 Å². The molecule has 154 valence electrons. The van der Waals surface area contributed by atoms with Gasteiger partial charge < -0.3 is 4.74 Å². The highest BCUT2D eigenvalue weighted by Gasteiger charge is 2.44. The van der Waals surface area contributed by atoms with Gasteiger partial charge in [0.2, 0.25) is 0 Å². The van der Waals surface area contributed by atoms with Crippen molar-refractivity contribution in [1.82, 2.24) is 0 Å². The second kappa shape index (κ2) is 9.59. The number of alkyl halides is 3. The van der Waals surface area contributed by atoms with Crippen molar-refractivity contribution in [3.05, 3.63) is 76.4 Å². The van der Waals surface area contributed by atoms with E-state index in [1.165, 1.54) is 20.3 Å². The van der Waals surface area contributed by atoms with Gasteiger partial charge in [-0.1, -0.05) is 60.7 Å². The molecule has 0 amide bonds. The van der Waals surface area contributed by atoms with Crippen LogP contribution >= 0.6 is 22.6 Å². The SMILES string of the molecule is COc1ccc(I)c(-c2ccccc2)c1-c1ccccc1.O=S(=O)(O)C(F)(F)F. The lowest BCUT2D eigenvalue weighted by Crippen LogP contribution is -2.21. The lowest BCUT2D eigenvalue weighted by Gasteiger charge is -2.16. The fourth-order valence-electron chi connectivity index (χ4n) is 2.51. The first kappa shape index (κ1) is 23.2. The van der Waals surface area contributed by atoms with Crippen LogP contribution in [-0.2, 0) is 10.1 Å². The Bertz CT molecular complexity index is 1050. The van der Waals surface area contributed by atoms with Crippen LogP contribution in [0.1, 0.15) is 0 Å². The van der Waals surface area contributed by atoms with Crippen LogP contribution in [0.15, 0.2) is 72.8 Å². The molecule has 0 spiro atoms. The highest BCUT2D eigenvalue weighted by Crippen LogP contribution is 2.41. The number of hydrogen-bond donors (Lipinski definition) is 1. The van der Waals surface area contributed by atoms with Crippen LogP contribution in [0, 0.1) is 3.57 Å². The number of ether oxygens (including phenoxy) is 1. The highest BCUT2D eigenvalue weighted by atomic mass is 127. The lowest BCUT2D eigenvalue weighted by atomic mass is 9.94. The second-order valence-electron chi connectivity index (χ2n) is 5.65. The monoisotopic (exact) mass is 536 g/mol. The third-order valence-corrected chi connectivity index (χ3v) is 5.24. The zero-order valence-corrected chi connectivity index (χ0v) is 18.0. The van der Waals surface area contributed by atoms with E-state index in [0.29, 0.717) is 0 Å². The number of benzene rings is 3. The van der Waals surface area contributed by atoms with Crippen molar-refractivity contribution >= 4 is 32.7 Å². The van der Waals surface area contributed by atoms with E-state index in [9.17, 15) is 13.2 Å². The molecule has 0 radical (unpaired) electrons. The number of halogens is 4. The van der Waals surface area contributed by atoms with Crippen LogP contribution < -0.4 is 4.74 Å². The third-order valence-electron chi connectivity index (χ3n) is 3.75. The molecule has 9 heteroatoms. The summed E-state index contributed by atoms with van der Waals surface area (Å²) in [4.78, 5) is 0. The third kappa shape index (κ3) is 5.94. The molecule has 1 N–H and O–H groups in total. The summed E-state index contributed by atoms with van der Waals surface area (Å²) in [6, 6.07) is 25.0. The van der Waals surface area contributed by atoms with Crippen LogP contribution in [0.4, 0.5) is 13.2 Å². The van der Waals surface area contributed by atoms with Gasteiger partial charge >= 0.3 is 15.6 Å². The molecule has 0 aromatic heterocycles. The summed E-state index contributed by atoms with van der Waals surface area (Å²) in [5, 5.41) is 0. The van der Waals surface area contributed by atoms with Gasteiger partial charge in [0.1, 0.15) is 5.75 Å². The standard InChI is InChI=1S/C19H15IO.CHF3O3S/c1-21-17-13-12-16(20)18(14-8-4-2-5-9-14)19(17)15-10-6-3-7-11-15;2-1(3,4)8(5,6)7/h2-13H,1H3;(H,5,6,7). The molecule has 0 atom stereocenters. The largest absolute Gasteiger partial charge is 0.522 e. The van der Waals surface area contributed by atoms with Gasteiger partial charge in [-0.05, 0) is 45.9 Å². The Kier molecular flexibility index (Phi) is 7.66. The Morgan fingerprint density at radius 3 is 1.62 bits per heavy atom. The van der Waals surface area contributed by atoms with Crippen molar-refractivity contribution in [2.24, 2.45) is 0 Å². The minimum Gasteiger partial charge on any atom is -0.496 e. The van der Waals surface area contributed by atoms with Crippen molar-refractivity contribution in [3.63, 3.8) is 0 Å². The predicted molar refractivity (Wildman–Crippen MR) is 114 cm³/mol. The van der Waals surface area contributed by atoms with E-state index in [1.54, 1.807) is 7.11 Å². The quantitative estimate of drug-likeness (QED) is 0.253. The van der Waals surface area contributed by atoms with Crippen molar-refractivity contribution in [2.45, 2.75) is 5.51 Å². The molecule has 0 aliphatic heterocycles. The molecule has 0 aliphatic rings. The van der Waals surface area contributed by atoms with Gasteiger partial charge in [-0.25, -0.2) is 0 Å². The predicted octanol–water partition coefficient (Wildman–Crippen LogP) is 6.03. The lowest BCUT2D eigenvalue weighted by molar-refractivity contribution is -0.0510. The number of rotatable bonds is 3. The summed E-state index contributed by atoms with van der Waals surface area (Å²) < 4.78 is 64.4. The molecule has 0 saturated carbocycles. The molecule has 0 heterocycles. The molecule has 3 rings (SSSR count). The van der Waals surface area contributed by atoms with E-state index in [1.807, 2.05) is 18.2 Å². The van der Waals surface area contributed by atoms with E-state index < -0.39 is 15.6 Å². The van der Waals surface area contributed by atoms with E-state index in [-0.39, 0.29) is 0 Å². The first-order valence-corrected chi connectivity index (χ1v) is 10.6. The van der Waals surface area contributed by atoms with Crippen LogP contribution in [-0.4, -0.2) is 25.6 Å². The molecular weight excluding hydrogens is 520 g/mol. The number of methoxy groups -OCH3 is 1. The molecule has 0 bridgehead atoms. The number of hydrogen-bond acceptors (Lipinski definition) is 3. The summed E-state index contributed by atoms with van der Waals surface area (Å²) in [6.45, 7) is 0. The van der Waals surface area contributed by atoms with Gasteiger partial charge in [0.25, 0.3) is 0 Å². The van der Waals surface area contributed by atoms with Gasteiger partial charge in [0.15, 0.2) is 0 Å². The molecule has 4 nitrogen and oxygen atoms in total. The zero-order valence-electron chi connectivity index (χ0n) is 15.0. The van der Waals surface area contributed by atoms with Crippen LogP contribution in [0.5, 0.6) is 5.75 Å². The maximum atomic E-state index is 10.7. The van der Waals surface area contributed by atoms with Crippen molar-refractivity contribution in [1.29, 1.82) is 0 Å². The first-order valence-electron chi connectivity index (χ1n) is 8.07. The molecule has 0 unspecified atom stereocenters. The van der Waals surface area contributed by atoms with Gasteiger partial charge in [-0.15, -0.1) is 0 Å². The fourth-order valence-corrected chi connectivity index (χ4v) is 3.27. The van der Waals surface area contributed by atoms with Crippen molar-refractivity contribution in [2.75, 3.05) is 7.11 Å². The fraction of sp³-hybridized carbons (Fsp3) is 0.100. The van der Waals surface area contributed by atoms with Crippen LogP contribution in [0.25, 0.3) is 22.3 Å². The van der Waals surface area contributed by atoms with Crippen molar-refractivity contribution in [3.8, 4) is 28.0 Å². The summed E-state index contributed by atoms with van der Waals surface area (Å²) in [7, 11) is -4.11. The van der Waals surface area contributed by atoms with Gasteiger partial charge in [-0.3, -0.25) is 4.55 Å². The Morgan fingerprint density at radius 2 is 1.24 bits per heavy atom. The molecule has 29 heavy (non-hydrogen) atoms. The van der Waals surface area contributed by atoms with E-state index in [4.69, 9.17) is 17.7 Å².